The van der Waals surface area contributed by atoms with Gasteiger partial charge in [0.1, 0.15) is 5.82 Å². The molecular formula is C17H10ClF2N3S. The fourth-order valence-electron chi connectivity index (χ4n) is 2.08. The molecule has 0 unspecified atom stereocenters. The van der Waals surface area contributed by atoms with Crippen LogP contribution in [0.15, 0.2) is 53.6 Å². The molecule has 3 rings (SSSR count). The molecule has 3 aromatic rings. The standard InChI is InChI=1S/C17H10ClF2N3S/c18-13-3-1-2-12(17(13)20)16-7-11(9-22-16)24-23-15-5-4-10(8-21)6-14(15)19/h1-7,9,22-23H. The van der Waals surface area contributed by atoms with Crippen LogP contribution in [0.2, 0.25) is 5.02 Å². The molecule has 24 heavy (non-hydrogen) atoms. The van der Waals surface area contributed by atoms with Gasteiger partial charge < -0.3 is 9.71 Å². The number of halogens is 3. The number of hydrogen-bond donors (Lipinski definition) is 2. The van der Waals surface area contributed by atoms with Crippen LogP contribution in [-0.2, 0) is 0 Å². The Morgan fingerprint density at radius 1 is 1.17 bits per heavy atom. The van der Waals surface area contributed by atoms with E-state index in [0.717, 1.165) is 11.0 Å². The van der Waals surface area contributed by atoms with Crippen LogP contribution in [0, 0.1) is 23.0 Å². The number of aromatic amines is 1. The molecule has 0 aliphatic rings. The minimum atomic E-state index is -0.516. The van der Waals surface area contributed by atoms with Gasteiger partial charge in [-0.15, -0.1) is 0 Å². The zero-order valence-electron chi connectivity index (χ0n) is 12.1. The maximum atomic E-state index is 14.0. The monoisotopic (exact) mass is 361 g/mol. The Bertz CT molecular complexity index is 934. The molecule has 3 nitrogen and oxygen atoms in total. The molecule has 0 atom stereocenters. The van der Waals surface area contributed by atoms with Gasteiger partial charge in [0.15, 0.2) is 5.82 Å². The van der Waals surface area contributed by atoms with Gasteiger partial charge in [0.25, 0.3) is 0 Å². The summed E-state index contributed by atoms with van der Waals surface area (Å²) in [5, 5.41) is 8.78. The van der Waals surface area contributed by atoms with Crippen molar-refractivity contribution in [2.24, 2.45) is 0 Å². The van der Waals surface area contributed by atoms with Crippen LogP contribution < -0.4 is 4.72 Å². The van der Waals surface area contributed by atoms with E-state index in [1.165, 1.54) is 30.1 Å². The fraction of sp³-hybridized carbons (Fsp3) is 0. The van der Waals surface area contributed by atoms with E-state index in [0.29, 0.717) is 11.3 Å². The summed E-state index contributed by atoms with van der Waals surface area (Å²) in [6, 6.07) is 12.5. The quantitative estimate of drug-likeness (QED) is 0.594. The van der Waals surface area contributed by atoms with Crippen molar-refractivity contribution in [3.8, 4) is 17.3 Å². The normalized spacial score (nSPS) is 10.4. The minimum Gasteiger partial charge on any atom is -0.360 e. The van der Waals surface area contributed by atoms with Crippen molar-refractivity contribution in [1.29, 1.82) is 5.26 Å². The first-order valence-corrected chi connectivity index (χ1v) is 8.03. The van der Waals surface area contributed by atoms with E-state index in [9.17, 15) is 8.78 Å². The van der Waals surface area contributed by atoms with Gasteiger partial charge in [0.2, 0.25) is 0 Å². The molecular weight excluding hydrogens is 352 g/mol. The average molecular weight is 362 g/mol. The van der Waals surface area contributed by atoms with Crippen LogP contribution in [0.3, 0.4) is 0 Å². The predicted molar refractivity (Wildman–Crippen MR) is 91.8 cm³/mol. The van der Waals surface area contributed by atoms with Crippen LogP contribution >= 0.6 is 23.5 Å². The summed E-state index contributed by atoms with van der Waals surface area (Å²) in [4.78, 5) is 3.71. The third-order valence-corrected chi connectivity index (χ3v) is 4.36. The van der Waals surface area contributed by atoms with Gasteiger partial charge in [-0.2, -0.15) is 5.26 Å². The Morgan fingerprint density at radius 3 is 2.75 bits per heavy atom. The predicted octanol–water partition coefficient (Wildman–Crippen LogP) is 5.60. The number of nitrogens with one attached hydrogen (secondary N) is 2. The van der Waals surface area contributed by atoms with Gasteiger partial charge >= 0.3 is 0 Å². The number of benzene rings is 2. The van der Waals surface area contributed by atoms with Gasteiger partial charge in [-0.3, -0.25) is 0 Å². The zero-order chi connectivity index (χ0) is 17.1. The van der Waals surface area contributed by atoms with E-state index in [-0.39, 0.29) is 16.3 Å². The highest BCUT2D eigenvalue weighted by atomic mass is 35.5. The maximum absolute atomic E-state index is 14.0. The zero-order valence-corrected chi connectivity index (χ0v) is 13.7. The lowest BCUT2D eigenvalue weighted by Gasteiger charge is -2.05. The smallest absolute Gasteiger partial charge is 0.151 e. The van der Waals surface area contributed by atoms with Gasteiger partial charge in [0, 0.05) is 22.3 Å². The molecule has 0 saturated carbocycles. The minimum absolute atomic E-state index is 0.0501. The van der Waals surface area contributed by atoms with Crippen molar-refractivity contribution in [3.63, 3.8) is 0 Å². The maximum Gasteiger partial charge on any atom is 0.151 e. The van der Waals surface area contributed by atoms with E-state index in [4.69, 9.17) is 16.9 Å². The third-order valence-electron chi connectivity index (χ3n) is 3.28. The lowest BCUT2D eigenvalue weighted by Crippen LogP contribution is -1.91. The molecule has 0 aliphatic heterocycles. The molecule has 0 bridgehead atoms. The van der Waals surface area contributed by atoms with Crippen LogP contribution in [0.5, 0.6) is 0 Å². The first-order valence-electron chi connectivity index (χ1n) is 6.84. The molecule has 0 fully saturated rings. The van der Waals surface area contributed by atoms with Crippen LogP contribution in [-0.4, -0.2) is 4.98 Å². The van der Waals surface area contributed by atoms with Crippen LogP contribution in [0.4, 0.5) is 14.5 Å². The molecule has 7 heteroatoms. The number of hydrogen-bond acceptors (Lipinski definition) is 3. The average Bonchev–Trinajstić information content (AvgIpc) is 3.05. The molecule has 0 spiro atoms. The van der Waals surface area contributed by atoms with Crippen molar-refractivity contribution >= 4 is 29.2 Å². The highest BCUT2D eigenvalue weighted by Gasteiger charge is 2.11. The van der Waals surface area contributed by atoms with Crippen molar-refractivity contribution in [2.75, 3.05) is 4.72 Å². The summed E-state index contributed by atoms with van der Waals surface area (Å²) < 4.78 is 30.7. The summed E-state index contributed by atoms with van der Waals surface area (Å²) in [6.07, 6.45) is 1.68. The summed E-state index contributed by atoms with van der Waals surface area (Å²) in [5.41, 5.74) is 1.44. The SMILES string of the molecule is N#Cc1ccc(NSc2c[nH]c(-c3cccc(Cl)c3F)c2)c(F)c1. The van der Waals surface area contributed by atoms with Gasteiger partial charge in [-0.25, -0.2) is 8.78 Å². The van der Waals surface area contributed by atoms with E-state index < -0.39 is 11.6 Å². The van der Waals surface area contributed by atoms with Gasteiger partial charge in [0.05, 0.1) is 22.3 Å². The van der Waals surface area contributed by atoms with E-state index >= 15 is 0 Å². The summed E-state index contributed by atoms with van der Waals surface area (Å²) in [7, 11) is 0. The number of nitriles is 1. The largest absolute Gasteiger partial charge is 0.360 e. The number of rotatable bonds is 4. The van der Waals surface area contributed by atoms with Crippen molar-refractivity contribution in [3.05, 3.63) is 70.9 Å². The second kappa shape index (κ2) is 6.95. The first kappa shape index (κ1) is 16.4. The van der Waals surface area contributed by atoms with E-state index in [1.54, 1.807) is 24.4 Å². The Kier molecular flexibility index (Phi) is 4.74. The Labute approximate surface area is 146 Å². The lowest BCUT2D eigenvalue weighted by atomic mass is 10.1. The number of H-pyrrole nitrogens is 1. The highest BCUT2D eigenvalue weighted by molar-refractivity contribution is 8.00. The fourth-order valence-corrected chi connectivity index (χ4v) is 2.94. The Hall–Kier alpha value is -2.49. The van der Waals surface area contributed by atoms with Crippen LogP contribution in [0.25, 0.3) is 11.3 Å². The molecule has 2 aromatic carbocycles. The molecule has 0 radical (unpaired) electrons. The molecule has 0 aliphatic carbocycles. The van der Waals surface area contributed by atoms with Crippen molar-refractivity contribution in [2.45, 2.75) is 4.90 Å². The molecule has 1 aromatic heterocycles. The molecule has 1 heterocycles. The summed E-state index contributed by atoms with van der Waals surface area (Å²) in [6.45, 7) is 0. The Morgan fingerprint density at radius 2 is 2.00 bits per heavy atom. The van der Waals surface area contributed by atoms with Crippen LogP contribution in [0.1, 0.15) is 5.56 Å². The molecule has 0 saturated heterocycles. The molecule has 0 amide bonds. The van der Waals surface area contributed by atoms with E-state index in [1.807, 2.05) is 6.07 Å². The van der Waals surface area contributed by atoms with Crippen molar-refractivity contribution in [1.82, 2.24) is 4.98 Å². The van der Waals surface area contributed by atoms with Gasteiger partial charge in [-0.05, 0) is 48.3 Å². The number of nitrogens with zero attached hydrogens (tertiary/aromatic N) is 1. The second-order valence-electron chi connectivity index (χ2n) is 4.86. The topological polar surface area (TPSA) is 51.6 Å². The molecule has 2 N–H and O–H groups in total. The lowest BCUT2D eigenvalue weighted by molar-refractivity contribution is 0.631. The second-order valence-corrected chi connectivity index (χ2v) is 6.15. The van der Waals surface area contributed by atoms with Crippen molar-refractivity contribution < 1.29 is 8.78 Å². The number of anilines is 1. The summed E-state index contributed by atoms with van der Waals surface area (Å²) in [5.74, 6) is -1.01. The highest BCUT2D eigenvalue weighted by Crippen LogP contribution is 2.30. The number of aromatic nitrogens is 1. The van der Waals surface area contributed by atoms with Gasteiger partial charge in [-0.1, -0.05) is 17.7 Å². The van der Waals surface area contributed by atoms with E-state index in [2.05, 4.69) is 9.71 Å². The summed E-state index contributed by atoms with van der Waals surface area (Å²) >= 11 is 6.95. The Balaban J connectivity index is 1.75. The molecule has 120 valence electrons. The third kappa shape index (κ3) is 3.37. The first-order chi connectivity index (χ1) is 11.6.